The van der Waals surface area contributed by atoms with Gasteiger partial charge in [-0.25, -0.2) is 4.39 Å². The zero-order valence-electron chi connectivity index (χ0n) is 9.58. The molecule has 0 spiro atoms. The summed E-state index contributed by atoms with van der Waals surface area (Å²) in [5.74, 6) is -1.03. The van der Waals surface area contributed by atoms with Crippen molar-refractivity contribution in [3.8, 4) is 0 Å². The molecule has 94 valence electrons. The van der Waals surface area contributed by atoms with E-state index in [1.165, 1.54) is 12.1 Å². The van der Waals surface area contributed by atoms with E-state index in [0.717, 1.165) is 0 Å². The van der Waals surface area contributed by atoms with E-state index < -0.39 is 6.04 Å². The highest BCUT2D eigenvalue weighted by Crippen LogP contribution is 2.52. The van der Waals surface area contributed by atoms with Crippen LogP contribution >= 0.6 is 0 Å². The second kappa shape index (κ2) is 3.86. The number of ketones is 1. The SMILES string of the molecule is O=C1CC2CC1[C@H](c1ccc(F)cc1)[C@H]2[N+](=O)[O-]. The maximum Gasteiger partial charge on any atom is 0.223 e. The lowest BCUT2D eigenvalue weighted by molar-refractivity contribution is -0.533. The van der Waals surface area contributed by atoms with Crippen LogP contribution in [0.1, 0.15) is 24.3 Å². The van der Waals surface area contributed by atoms with Crippen LogP contribution in [-0.4, -0.2) is 16.7 Å². The van der Waals surface area contributed by atoms with E-state index in [1.807, 2.05) is 0 Å². The Kier molecular flexibility index (Phi) is 2.43. The number of Topliss-reactive ketones (excluding diaryl/α,β-unsaturated/α-hetero) is 1. The Morgan fingerprint density at radius 2 is 1.94 bits per heavy atom. The fourth-order valence-electron chi connectivity index (χ4n) is 3.51. The molecular formula is C13H12FNO3. The molecule has 2 bridgehead atoms. The van der Waals surface area contributed by atoms with E-state index in [-0.39, 0.29) is 34.3 Å². The molecule has 2 fully saturated rings. The number of hydrogen-bond donors (Lipinski definition) is 0. The van der Waals surface area contributed by atoms with Crippen LogP contribution < -0.4 is 0 Å². The number of nitrogens with zero attached hydrogens (tertiary/aromatic N) is 1. The van der Waals surface area contributed by atoms with Crippen molar-refractivity contribution in [3.63, 3.8) is 0 Å². The van der Waals surface area contributed by atoms with E-state index in [4.69, 9.17) is 0 Å². The van der Waals surface area contributed by atoms with Gasteiger partial charge in [0.15, 0.2) is 0 Å². The molecule has 3 rings (SSSR count). The first-order valence-corrected chi connectivity index (χ1v) is 5.99. The highest BCUT2D eigenvalue weighted by atomic mass is 19.1. The zero-order valence-corrected chi connectivity index (χ0v) is 9.58. The first kappa shape index (κ1) is 11.3. The van der Waals surface area contributed by atoms with Crippen molar-refractivity contribution in [2.75, 3.05) is 0 Å². The summed E-state index contributed by atoms with van der Waals surface area (Å²) in [6, 6.07) is 5.01. The Morgan fingerprint density at radius 1 is 1.28 bits per heavy atom. The Balaban J connectivity index is 2.00. The monoisotopic (exact) mass is 249 g/mol. The number of nitro groups is 1. The lowest BCUT2D eigenvalue weighted by atomic mass is 9.79. The fourth-order valence-corrected chi connectivity index (χ4v) is 3.51. The molecule has 1 aromatic rings. The number of fused-ring (bicyclic) bond motifs is 2. The Bertz CT molecular complexity index is 513. The molecule has 2 unspecified atom stereocenters. The van der Waals surface area contributed by atoms with Gasteiger partial charge in [0.05, 0.1) is 5.92 Å². The summed E-state index contributed by atoms with van der Waals surface area (Å²) in [5.41, 5.74) is 0.707. The van der Waals surface area contributed by atoms with Crippen LogP contribution in [0.5, 0.6) is 0 Å². The first-order valence-electron chi connectivity index (χ1n) is 5.99. The van der Waals surface area contributed by atoms with Gasteiger partial charge in [-0.3, -0.25) is 14.9 Å². The number of halogens is 1. The van der Waals surface area contributed by atoms with Gasteiger partial charge in [0, 0.05) is 23.2 Å². The average molecular weight is 249 g/mol. The molecule has 0 saturated heterocycles. The van der Waals surface area contributed by atoms with Crippen LogP contribution in [0.15, 0.2) is 24.3 Å². The number of carbonyl (C=O) groups excluding carboxylic acids is 1. The van der Waals surface area contributed by atoms with E-state index in [0.29, 0.717) is 18.4 Å². The lowest BCUT2D eigenvalue weighted by Crippen LogP contribution is -2.36. The van der Waals surface area contributed by atoms with Gasteiger partial charge in [-0.15, -0.1) is 0 Å². The summed E-state index contributed by atoms with van der Waals surface area (Å²) in [4.78, 5) is 22.7. The third-order valence-corrected chi connectivity index (χ3v) is 4.22. The summed E-state index contributed by atoms with van der Waals surface area (Å²) in [6.45, 7) is 0. The fraction of sp³-hybridized carbons (Fsp3) is 0.462. The van der Waals surface area contributed by atoms with Gasteiger partial charge in [-0.1, -0.05) is 12.1 Å². The van der Waals surface area contributed by atoms with Crippen molar-refractivity contribution in [1.82, 2.24) is 0 Å². The maximum atomic E-state index is 12.9. The number of hydrogen-bond acceptors (Lipinski definition) is 3. The van der Waals surface area contributed by atoms with Crippen molar-refractivity contribution >= 4 is 5.78 Å². The summed E-state index contributed by atoms with van der Waals surface area (Å²) in [6.07, 6.45) is 0.931. The standard InChI is InChI=1S/C13H12FNO3/c14-9-3-1-7(2-4-9)12-10-5-8(6-11(10)16)13(12)15(17)18/h1-4,8,10,12-13H,5-6H2/t8?,10?,12-,13-/m0/s1. The molecule has 0 heterocycles. The topological polar surface area (TPSA) is 60.2 Å². The minimum absolute atomic E-state index is 0.118. The van der Waals surface area contributed by atoms with Crippen LogP contribution in [0.25, 0.3) is 0 Å². The molecular weight excluding hydrogens is 237 g/mol. The van der Waals surface area contributed by atoms with E-state index in [9.17, 15) is 19.3 Å². The number of benzene rings is 1. The molecule has 2 aliphatic rings. The largest absolute Gasteiger partial charge is 0.299 e. The van der Waals surface area contributed by atoms with Gasteiger partial charge in [-0.2, -0.15) is 0 Å². The summed E-state index contributed by atoms with van der Waals surface area (Å²) in [5, 5.41) is 11.2. The second-order valence-electron chi connectivity index (χ2n) is 5.13. The lowest BCUT2D eigenvalue weighted by Gasteiger charge is -2.24. The van der Waals surface area contributed by atoms with Crippen molar-refractivity contribution in [1.29, 1.82) is 0 Å². The Hall–Kier alpha value is -1.78. The molecule has 0 aromatic heterocycles. The molecule has 0 radical (unpaired) electrons. The first-order chi connectivity index (χ1) is 8.58. The quantitative estimate of drug-likeness (QED) is 0.596. The number of rotatable bonds is 2. The minimum Gasteiger partial charge on any atom is -0.299 e. The van der Waals surface area contributed by atoms with E-state index in [1.54, 1.807) is 12.1 Å². The molecule has 2 aliphatic carbocycles. The predicted octanol–water partition coefficient (Wildman–Crippen LogP) is 2.16. The summed E-state index contributed by atoms with van der Waals surface area (Å²) < 4.78 is 12.9. The third-order valence-electron chi connectivity index (χ3n) is 4.22. The summed E-state index contributed by atoms with van der Waals surface area (Å²) >= 11 is 0. The molecule has 5 heteroatoms. The molecule has 0 amide bonds. The minimum atomic E-state index is -0.696. The van der Waals surface area contributed by atoms with Crippen LogP contribution in [0, 0.1) is 27.8 Å². The highest BCUT2D eigenvalue weighted by molar-refractivity contribution is 5.86. The molecule has 18 heavy (non-hydrogen) atoms. The highest BCUT2D eigenvalue weighted by Gasteiger charge is 2.58. The van der Waals surface area contributed by atoms with Gasteiger partial charge in [0.1, 0.15) is 11.6 Å². The zero-order chi connectivity index (χ0) is 12.9. The van der Waals surface area contributed by atoms with Crippen LogP contribution in [0.2, 0.25) is 0 Å². The predicted molar refractivity (Wildman–Crippen MR) is 61.1 cm³/mol. The summed E-state index contributed by atoms with van der Waals surface area (Å²) in [7, 11) is 0. The Morgan fingerprint density at radius 3 is 2.56 bits per heavy atom. The molecule has 4 nitrogen and oxygen atoms in total. The molecule has 1 aromatic carbocycles. The number of carbonyl (C=O) groups is 1. The smallest absolute Gasteiger partial charge is 0.223 e. The van der Waals surface area contributed by atoms with Gasteiger partial charge >= 0.3 is 0 Å². The Labute approximate surface area is 103 Å². The average Bonchev–Trinajstić information content (AvgIpc) is 2.86. The van der Waals surface area contributed by atoms with Crippen molar-refractivity contribution in [2.24, 2.45) is 11.8 Å². The van der Waals surface area contributed by atoms with Crippen LogP contribution in [0.3, 0.4) is 0 Å². The molecule has 0 aliphatic heterocycles. The maximum absolute atomic E-state index is 12.9. The van der Waals surface area contributed by atoms with Crippen molar-refractivity contribution in [3.05, 3.63) is 45.8 Å². The van der Waals surface area contributed by atoms with Gasteiger partial charge in [0.25, 0.3) is 0 Å². The molecule has 4 atom stereocenters. The third kappa shape index (κ3) is 1.54. The van der Waals surface area contributed by atoms with Crippen molar-refractivity contribution in [2.45, 2.75) is 24.8 Å². The molecule has 2 saturated carbocycles. The van der Waals surface area contributed by atoms with Gasteiger partial charge in [-0.05, 0) is 24.1 Å². The normalized spacial score (nSPS) is 33.9. The van der Waals surface area contributed by atoms with Gasteiger partial charge in [0.2, 0.25) is 6.04 Å². The second-order valence-corrected chi connectivity index (χ2v) is 5.13. The molecule has 0 N–H and O–H groups in total. The van der Waals surface area contributed by atoms with Crippen molar-refractivity contribution < 1.29 is 14.1 Å². The van der Waals surface area contributed by atoms with E-state index in [2.05, 4.69) is 0 Å². The van der Waals surface area contributed by atoms with Crippen LogP contribution in [0.4, 0.5) is 4.39 Å². The van der Waals surface area contributed by atoms with E-state index >= 15 is 0 Å². The van der Waals surface area contributed by atoms with Gasteiger partial charge < -0.3 is 0 Å². The van der Waals surface area contributed by atoms with Crippen LogP contribution in [-0.2, 0) is 4.79 Å².